The third-order valence-electron chi connectivity index (χ3n) is 2.22. The van der Waals surface area contributed by atoms with Crippen molar-refractivity contribution in [3.63, 3.8) is 0 Å². The molecule has 0 atom stereocenters. The third-order valence-corrected chi connectivity index (χ3v) is 2.53. The Morgan fingerprint density at radius 1 is 0.941 bits per heavy atom. The van der Waals surface area contributed by atoms with Gasteiger partial charge in [-0.25, -0.2) is 8.78 Å². The zero-order valence-electron chi connectivity index (χ0n) is 8.68. The van der Waals surface area contributed by atoms with Crippen LogP contribution in [0.5, 0.6) is 0 Å². The number of hydrogen-bond donors (Lipinski definition) is 2. The molecule has 17 heavy (non-hydrogen) atoms. The maximum Gasteiger partial charge on any atom is 0.125 e. The molecule has 0 saturated carbocycles. The van der Waals surface area contributed by atoms with E-state index in [-0.39, 0.29) is 5.02 Å². The van der Waals surface area contributed by atoms with E-state index in [0.717, 1.165) is 0 Å². The monoisotopic (exact) mass is 254 g/mol. The second-order valence-electron chi connectivity index (χ2n) is 3.48. The minimum Gasteiger partial charge on any atom is -0.397 e. The van der Waals surface area contributed by atoms with Crippen LogP contribution in [0.4, 0.5) is 25.8 Å². The third kappa shape index (κ3) is 2.65. The van der Waals surface area contributed by atoms with Crippen molar-refractivity contribution in [3.8, 4) is 0 Å². The van der Waals surface area contributed by atoms with E-state index in [9.17, 15) is 8.78 Å². The lowest BCUT2D eigenvalue weighted by molar-refractivity contribution is 0.627. The largest absolute Gasteiger partial charge is 0.397 e. The predicted molar refractivity (Wildman–Crippen MR) is 65.5 cm³/mol. The molecular weight excluding hydrogens is 246 g/mol. The molecule has 0 aliphatic rings. The minimum absolute atomic E-state index is 0.202. The van der Waals surface area contributed by atoms with Crippen LogP contribution in [-0.4, -0.2) is 0 Å². The second kappa shape index (κ2) is 4.59. The number of rotatable bonds is 2. The van der Waals surface area contributed by atoms with Crippen molar-refractivity contribution >= 4 is 28.7 Å². The Morgan fingerprint density at radius 2 is 1.59 bits per heavy atom. The molecule has 5 heteroatoms. The molecule has 0 aliphatic heterocycles. The quantitative estimate of drug-likeness (QED) is 0.797. The zero-order chi connectivity index (χ0) is 12.4. The number of nitrogens with two attached hydrogens (primary N) is 1. The van der Waals surface area contributed by atoms with Crippen molar-refractivity contribution in [1.82, 2.24) is 0 Å². The summed E-state index contributed by atoms with van der Waals surface area (Å²) in [7, 11) is 0. The fraction of sp³-hybridized carbons (Fsp3) is 0. The van der Waals surface area contributed by atoms with E-state index in [0.29, 0.717) is 17.1 Å². The van der Waals surface area contributed by atoms with Crippen molar-refractivity contribution in [3.05, 3.63) is 53.1 Å². The summed E-state index contributed by atoms with van der Waals surface area (Å²) < 4.78 is 25.9. The molecule has 2 aromatic carbocycles. The molecule has 2 nitrogen and oxygen atoms in total. The number of anilines is 3. The molecule has 3 N–H and O–H groups in total. The molecule has 0 radical (unpaired) electrons. The summed E-state index contributed by atoms with van der Waals surface area (Å²) in [4.78, 5) is 0. The highest BCUT2D eigenvalue weighted by atomic mass is 35.5. The zero-order valence-corrected chi connectivity index (χ0v) is 9.43. The van der Waals surface area contributed by atoms with Crippen molar-refractivity contribution < 1.29 is 8.78 Å². The molecule has 0 bridgehead atoms. The summed E-state index contributed by atoms with van der Waals surface area (Å²) in [6.07, 6.45) is 0. The normalized spacial score (nSPS) is 10.3. The molecule has 0 fully saturated rings. The molecule has 88 valence electrons. The van der Waals surface area contributed by atoms with Gasteiger partial charge in [-0.05, 0) is 36.4 Å². The SMILES string of the molecule is Nc1ccc(F)cc1Nc1ccc(F)cc1Cl. The lowest BCUT2D eigenvalue weighted by Gasteiger charge is -2.10. The summed E-state index contributed by atoms with van der Waals surface area (Å²) in [6.45, 7) is 0. The van der Waals surface area contributed by atoms with Crippen LogP contribution in [0.1, 0.15) is 0 Å². The van der Waals surface area contributed by atoms with Gasteiger partial charge < -0.3 is 11.1 Å². The fourth-order valence-electron chi connectivity index (χ4n) is 1.37. The van der Waals surface area contributed by atoms with Gasteiger partial charge in [0.25, 0.3) is 0 Å². The van der Waals surface area contributed by atoms with Crippen LogP contribution in [0.15, 0.2) is 36.4 Å². The molecule has 2 rings (SSSR count). The van der Waals surface area contributed by atoms with Gasteiger partial charge in [-0.2, -0.15) is 0 Å². The molecule has 0 spiro atoms. The summed E-state index contributed by atoms with van der Waals surface area (Å²) in [5, 5.41) is 3.05. The van der Waals surface area contributed by atoms with E-state index in [1.807, 2.05) is 0 Å². The van der Waals surface area contributed by atoms with Gasteiger partial charge in [0.05, 0.1) is 22.1 Å². The Morgan fingerprint density at radius 3 is 2.29 bits per heavy atom. The smallest absolute Gasteiger partial charge is 0.125 e. The molecular formula is C12H9ClF2N2. The van der Waals surface area contributed by atoms with Crippen LogP contribution >= 0.6 is 11.6 Å². The summed E-state index contributed by atoms with van der Waals surface area (Å²) in [5.41, 5.74) is 6.90. The van der Waals surface area contributed by atoms with E-state index in [2.05, 4.69) is 5.32 Å². The molecule has 0 unspecified atom stereocenters. The standard InChI is InChI=1S/C12H9ClF2N2/c13-9-5-7(14)2-4-11(9)17-12-6-8(15)1-3-10(12)16/h1-6,17H,16H2. The van der Waals surface area contributed by atoms with E-state index in [1.54, 1.807) is 0 Å². The van der Waals surface area contributed by atoms with Gasteiger partial charge in [0, 0.05) is 0 Å². The van der Waals surface area contributed by atoms with E-state index in [4.69, 9.17) is 17.3 Å². The van der Waals surface area contributed by atoms with Gasteiger partial charge in [-0.15, -0.1) is 0 Å². The lowest BCUT2D eigenvalue weighted by atomic mass is 10.2. The Labute approximate surface area is 102 Å². The van der Waals surface area contributed by atoms with Crippen molar-refractivity contribution in [1.29, 1.82) is 0 Å². The van der Waals surface area contributed by atoms with Crippen LogP contribution in [0.2, 0.25) is 5.02 Å². The number of hydrogen-bond acceptors (Lipinski definition) is 2. The van der Waals surface area contributed by atoms with Crippen LogP contribution in [0, 0.1) is 11.6 Å². The maximum absolute atomic E-state index is 13.0. The summed E-state index contributed by atoms with van der Waals surface area (Å²) >= 11 is 5.83. The highest BCUT2D eigenvalue weighted by molar-refractivity contribution is 6.33. The number of halogens is 3. The molecule has 0 amide bonds. The first-order valence-electron chi connectivity index (χ1n) is 4.83. The van der Waals surface area contributed by atoms with Gasteiger partial charge in [-0.1, -0.05) is 11.6 Å². The number of nitrogen functional groups attached to an aromatic ring is 1. The van der Waals surface area contributed by atoms with Gasteiger partial charge in [-0.3, -0.25) is 0 Å². The molecule has 0 saturated heterocycles. The summed E-state index contributed by atoms with van der Waals surface area (Å²) in [5.74, 6) is -0.854. The van der Waals surface area contributed by atoms with Crippen LogP contribution in [-0.2, 0) is 0 Å². The van der Waals surface area contributed by atoms with Gasteiger partial charge in [0.15, 0.2) is 0 Å². The highest BCUT2D eigenvalue weighted by Gasteiger charge is 2.05. The van der Waals surface area contributed by atoms with Crippen molar-refractivity contribution in [2.75, 3.05) is 11.1 Å². The molecule has 2 aromatic rings. The van der Waals surface area contributed by atoms with E-state index >= 15 is 0 Å². The molecule has 0 aliphatic carbocycles. The maximum atomic E-state index is 13.0. The molecule has 0 heterocycles. The van der Waals surface area contributed by atoms with Gasteiger partial charge in [0.2, 0.25) is 0 Å². The van der Waals surface area contributed by atoms with E-state index in [1.165, 1.54) is 36.4 Å². The first-order valence-corrected chi connectivity index (χ1v) is 5.21. The van der Waals surface area contributed by atoms with Crippen LogP contribution < -0.4 is 11.1 Å². The average molecular weight is 255 g/mol. The summed E-state index contributed by atoms with van der Waals surface area (Å²) in [6, 6.07) is 7.82. The van der Waals surface area contributed by atoms with Gasteiger partial charge in [0.1, 0.15) is 11.6 Å². The minimum atomic E-state index is -0.437. The van der Waals surface area contributed by atoms with Gasteiger partial charge >= 0.3 is 0 Å². The predicted octanol–water partition coefficient (Wildman–Crippen LogP) is 3.94. The van der Waals surface area contributed by atoms with E-state index < -0.39 is 11.6 Å². The number of benzene rings is 2. The second-order valence-corrected chi connectivity index (χ2v) is 3.89. The number of nitrogens with one attached hydrogen (secondary N) is 1. The van der Waals surface area contributed by atoms with Crippen LogP contribution in [0.3, 0.4) is 0 Å². The topological polar surface area (TPSA) is 38.0 Å². The molecule has 0 aromatic heterocycles. The van der Waals surface area contributed by atoms with Crippen LogP contribution in [0.25, 0.3) is 0 Å². The van der Waals surface area contributed by atoms with Crippen molar-refractivity contribution in [2.45, 2.75) is 0 Å². The van der Waals surface area contributed by atoms with Crippen molar-refractivity contribution in [2.24, 2.45) is 0 Å². The Hall–Kier alpha value is -1.81. The Balaban J connectivity index is 2.34. The first-order chi connectivity index (χ1) is 8.06. The average Bonchev–Trinajstić information content (AvgIpc) is 2.27. The lowest BCUT2D eigenvalue weighted by Crippen LogP contribution is -1.97. The highest BCUT2D eigenvalue weighted by Crippen LogP contribution is 2.29. The Bertz CT molecular complexity index is 558. The first kappa shape index (κ1) is 11.7. The fourth-order valence-corrected chi connectivity index (χ4v) is 1.59. The Kier molecular flexibility index (Phi) is 3.15.